The Bertz CT molecular complexity index is 236. The van der Waals surface area contributed by atoms with Gasteiger partial charge in [0.2, 0.25) is 0 Å². The molecule has 0 heteroatoms. The zero-order valence-corrected chi connectivity index (χ0v) is 12.0. The highest BCUT2D eigenvalue weighted by atomic mass is 14.6. The molecule has 1 fully saturated rings. The third-order valence-electron chi connectivity index (χ3n) is 5.12. The summed E-state index contributed by atoms with van der Waals surface area (Å²) in [5, 5.41) is 0. The summed E-state index contributed by atoms with van der Waals surface area (Å²) in [6, 6.07) is 0. The Morgan fingerprint density at radius 2 is 1.88 bits per heavy atom. The molecule has 16 heavy (non-hydrogen) atoms. The molecule has 0 radical (unpaired) electrons. The molecule has 0 amide bonds. The van der Waals surface area contributed by atoms with Gasteiger partial charge in [-0.15, -0.1) is 6.58 Å². The molecule has 0 spiro atoms. The largest absolute Gasteiger partial charge is 0.100 e. The number of unbranched alkanes of at least 4 members (excludes halogenated alkanes) is 1. The summed E-state index contributed by atoms with van der Waals surface area (Å²) < 4.78 is 0. The van der Waals surface area contributed by atoms with Crippen molar-refractivity contribution in [2.45, 2.75) is 66.7 Å². The molecule has 94 valence electrons. The summed E-state index contributed by atoms with van der Waals surface area (Å²) >= 11 is 0. The number of hydrogen-bond acceptors (Lipinski definition) is 0. The summed E-state index contributed by atoms with van der Waals surface area (Å²) in [5.74, 6) is 2.87. The van der Waals surface area contributed by atoms with Gasteiger partial charge in [-0.25, -0.2) is 0 Å². The Kier molecular flexibility index (Phi) is 4.64. The lowest BCUT2D eigenvalue weighted by Crippen LogP contribution is -2.51. The third-order valence-corrected chi connectivity index (χ3v) is 5.12. The molecule has 0 bridgehead atoms. The van der Waals surface area contributed by atoms with Gasteiger partial charge in [0.1, 0.15) is 0 Å². The van der Waals surface area contributed by atoms with E-state index in [1.54, 1.807) is 0 Å². The lowest BCUT2D eigenvalue weighted by molar-refractivity contribution is -0.0935. The van der Waals surface area contributed by atoms with Crippen molar-refractivity contribution in [2.75, 3.05) is 0 Å². The molecule has 0 aromatic heterocycles. The van der Waals surface area contributed by atoms with Gasteiger partial charge in [-0.05, 0) is 49.4 Å². The maximum absolute atomic E-state index is 3.98. The van der Waals surface area contributed by atoms with Crippen molar-refractivity contribution in [1.29, 1.82) is 0 Å². The molecular weight excluding hydrogens is 192 g/mol. The minimum Gasteiger partial charge on any atom is -0.100 e. The van der Waals surface area contributed by atoms with Crippen LogP contribution in [0.5, 0.6) is 0 Å². The van der Waals surface area contributed by atoms with Gasteiger partial charge in [-0.3, -0.25) is 0 Å². The zero-order chi connectivity index (χ0) is 12.3. The van der Waals surface area contributed by atoms with E-state index in [0.717, 1.165) is 17.8 Å². The van der Waals surface area contributed by atoms with Crippen LogP contribution in [0.4, 0.5) is 0 Å². The van der Waals surface area contributed by atoms with Crippen molar-refractivity contribution in [3.8, 4) is 0 Å². The van der Waals surface area contributed by atoms with Crippen molar-refractivity contribution >= 4 is 0 Å². The lowest BCUT2D eigenvalue weighted by atomic mass is 9.47. The van der Waals surface area contributed by atoms with Crippen molar-refractivity contribution in [3.63, 3.8) is 0 Å². The number of hydrogen-bond donors (Lipinski definition) is 0. The molecule has 0 N–H and O–H groups in total. The highest BCUT2D eigenvalue weighted by molar-refractivity contribution is 5.00. The highest BCUT2D eigenvalue weighted by Gasteiger charge is 2.51. The molecule has 1 saturated carbocycles. The second-order valence-corrected chi connectivity index (χ2v) is 6.49. The minimum absolute atomic E-state index is 0.591. The molecule has 0 heterocycles. The van der Waals surface area contributed by atoms with E-state index in [1.165, 1.54) is 37.7 Å². The van der Waals surface area contributed by atoms with Crippen LogP contribution >= 0.6 is 0 Å². The Morgan fingerprint density at radius 3 is 2.38 bits per heavy atom. The van der Waals surface area contributed by atoms with Gasteiger partial charge in [0.15, 0.2) is 0 Å². The molecule has 0 aliphatic heterocycles. The lowest BCUT2D eigenvalue weighted by Gasteiger charge is -2.58. The van der Waals surface area contributed by atoms with Crippen LogP contribution in [0.2, 0.25) is 0 Å². The van der Waals surface area contributed by atoms with E-state index in [4.69, 9.17) is 0 Å². The summed E-state index contributed by atoms with van der Waals surface area (Å²) in [6.07, 6.45) is 6.77. The van der Waals surface area contributed by atoms with Crippen LogP contribution in [0, 0.1) is 23.2 Å². The predicted molar refractivity (Wildman–Crippen MR) is 73.5 cm³/mol. The van der Waals surface area contributed by atoms with Gasteiger partial charge in [0, 0.05) is 0 Å². The predicted octanol–water partition coefficient (Wildman–Crippen LogP) is 5.44. The van der Waals surface area contributed by atoms with E-state index in [1.807, 2.05) is 0 Å². The van der Waals surface area contributed by atoms with E-state index in [0.29, 0.717) is 5.41 Å². The van der Waals surface area contributed by atoms with Crippen LogP contribution in [0.25, 0.3) is 0 Å². The van der Waals surface area contributed by atoms with Gasteiger partial charge >= 0.3 is 0 Å². The van der Waals surface area contributed by atoms with Crippen LogP contribution in [0.3, 0.4) is 0 Å². The fourth-order valence-corrected chi connectivity index (χ4v) is 3.76. The Labute approximate surface area is 103 Å². The fraction of sp³-hybridized carbons (Fsp3) is 0.875. The molecular formula is C16H30. The van der Waals surface area contributed by atoms with E-state index in [9.17, 15) is 0 Å². The van der Waals surface area contributed by atoms with E-state index in [-0.39, 0.29) is 0 Å². The summed E-state index contributed by atoms with van der Waals surface area (Å²) in [7, 11) is 0. The van der Waals surface area contributed by atoms with Crippen LogP contribution in [0.15, 0.2) is 12.2 Å². The molecule has 0 saturated heterocycles. The quantitative estimate of drug-likeness (QED) is 0.414. The third kappa shape index (κ3) is 2.70. The van der Waals surface area contributed by atoms with E-state index in [2.05, 4.69) is 41.2 Å². The van der Waals surface area contributed by atoms with Crippen LogP contribution < -0.4 is 0 Å². The molecule has 0 aromatic rings. The van der Waals surface area contributed by atoms with Gasteiger partial charge in [-0.2, -0.15) is 0 Å². The maximum atomic E-state index is 3.98. The Balaban J connectivity index is 2.30. The van der Waals surface area contributed by atoms with Crippen molar-refractivity contribution in [1.82, 2.24) is 0 Å². The van der Waals surface area contributed by atoms with Gasteiger partial charge in [0.25, 0.3) is 0 Å². The number of rotatable bonds is 6. The Morgan fingerprint density at radius 1 is 1.25 bits per heavy atom. The average Bonchev–Trinajstić information content (AvgIpc) is 2.21. The minimum atomic E-state index is 0.591. The van der Waals surface area contributed by atoms with Crippen molar-refractivity contribution in [3.05, 3.63) is 12.2 Å². The molecule has 1 aliphatic carbocycles. The maximum Gasteiger partial charge on any atom is -0.0295 e. The first-order valence-corrected chi connectivity index (χ1v) is 7.05. The second kappa shape index (κ2) is 5.38. The topological polar surface area (TPSA) is 0 Å². The van der Waals surface area contributed by atoms with Gasteiger partial charge in [-0.1, -0.05) is 46.1 Å². The summed E-state index contributed by atoms with van der Waals surface area (Å²) in [5.41, 5.74) is 1.93. The molecule has 3 unspecified atom stereocenters. The normalized spacial score (nSPS) is 32.2. The first-order chi connectivity index (χ1) is 7.41. The first-order valence-electron chi connectivity index (χ1n) is 7.05. The standard InChI is InChI=1S/C16H30/c1-7-15-14(13(4)16(15,5)6)11-9-8-10-12(2)3/h13-15H,2,7-11H2,1,3-6H3. The zero-order valence-electron chi connectivity index (χ0n) is 12.0. The van der Waals surface area contributed by atoms with Crippen LogP contribution in [-0.2, 0) is 0 Å². The van der Waals surface area contributed by atoms with Gasteiger partial charge in [0.05, 0.1) is 0 Å². The molecule has 0 aromatic carbocycles. The van der Waals surface area contributed by atoms with Crippen LogP contribution in [0.1, 0.15) is 66.7 Å². The highest BCUT2D eigenvalue weighted by Crippen LogP contribution is 2.58. The smallest absolute Gasteiger partial charge is 0.0295 e. The Hall–Kier alpha value is -0.260. The average molecular weight is 222 g/mol. The molecule has 3 atom stereocenters. The number of allylic oxidation sites excluding steroid dienone is 1. The van der Waals surface area contributed by atoms with Crippen LogP contribution in [-0.4, -0.2) is 0 Å². The second-order valence-electron chi connectivity index (χ2n) is 6.49. The molecule has 1 rings (SSSR count). The monoisotopic (exact) mass is 222 g/mol. The summed E-state index contributed by atoms with van der Waals surface area (Å²) in [6.45, 7) is 15.8. The molecule has 0 nitrogen and oxygen atoms in total. The fourth-order valence-electron chi connectivity index (χ4n) is 3.76. The van der Waals surface area contributed by atoms with Crippen molar-refractivity contribution in [2.24, 2.45) is 23.2 Å². The molecule has 1 aliphatic rings. The van der Waals surface area contributed by atoms with Crippen molar-refractivity contribution < 1.29 is 0 Å². The van der Waals surface area contributed by atoms with E-state index < -0.39 is 0 Å². The SMILES string of the molecule is C=C(C)CCCCC1C(C)C(C)(C)C1CC. The first kappa shape index (κ1) is 13.8. The summed E-state index contributed by atoms with van der Waals surface area (Å²) in [4.78, 5) is 0. The van der Waals surface area contributed by atoms with E-state index >= 15 is 0 Å². The van der Waals surface area contributed by atoms with Gasteiger partial charge < -0.3 is 0 Å².